The van der Waals surface area contributed by atoms with Gasteiger partial charge in [-0.1, -0.05) is 24.3 Å². The quantitative estimate of drug-likeness (QED) is 0.403. The van der Waals surface area contributed by atoms with Crippen LogP contribution in [0.25, 0.3) is 21.5 Å². The molecule has 1 fully saturated rings. The molecule has 0 amide bonds. The van der Waals surface area contributed by atoms with Crippen LogP contribution in [0.15, 0.2) is 58.3 Å². The van der Waals surface area contributed by atoms with Gasteiger partial charge in [0.25, 0.3) is 0 Å². The Morgan fingerprint density at radius 3 is 2.90 bits per heavy atom. The molecule has 0 radical (unpaired) electrons. The second kappa shape index (κ2) is 8.84. The highest BCUT2D eigenvalue weighted by molar-refractivity contribution is 8.00. The Hall–Kier alpha value is -2.28. The molecule has 5 rings (SSSR count). The summed E-state index contributed by atoms with van der Waals surface area (Å²) in [4.78, 5) is 4.68. The molecule has 2 aromatic carbocycles. The van der Waals surface area contributed by atoms with Gasteiger partial charge in [-0.05, 0) is 48.6 Å². The maximum Gasteiger partial charge on any atom is 0.226 e. The van der Waals surface area contributed by atoms with Gasteiger partial charge in [0.05, 0.1) is 12.3 Å². The summed E-state index contributed by atoms with van der Waals surface area (Å²) < 4.78 is 13.4. The van der Waals surface area contributed by atoms with Crippen molar-refractivity contribution in [1.82, 2.24) is 10.3 Å². The molecular weight excluding hydrogens is 412 g/mol. The third-order valence-corrected chi connectivity index (χ3v) is 7.57. The molecule has 1 N–H and O–H groups in total. The SMILES string of the molecule is Cc1oc(-c2ccccc2)nc1CCOc1ccc(CC2CNCS2)c2sccc12. The highest BCUT2D eigenvalue weighted by Gasteiger charge is 2.18. The molecule has 1 atom stereocenters. The van der Waals surface area contributed by atoms with Gasteiger partial charge < -0.3 is 14.5 Å². The second-order valence-corrected chi connectivity index (χ2v) is 9.67. The number of aromatic nitrogens is 1. The molecule has 0 aliphatic carbocycles. The van der Waals surface area contributed by atoms with E-state index >= 15 is 0 Å². The normalized spacial score (nSPS) is 16.4. The number of oxazole rings is 1. The van der Waals surface area contributed by atoms with Crippen LogP contribution >= 0.6 is 23.1 Å². The maximum atomic E-state index is 6.18. The zero-order valence-corrected chi connectivity index (χ0v) is 18.5. The van der Waals surface area contributed by atoms with Gasteiger partial charge in [0.2, 0.25) is 5.89 Å². The summed E-state index contributed by atoms with van der Waals surface area (Å²) in [5, 5.41) is 7.48. The first-order chi connectivity index (χ1) is 14.8. The molecule has 1 aliphatic rings. The van der Waals surface area contributed by atoms with E-state index in [0.29, 0.717) is 17.7 Å². The molecule has 154 valence electrons. The Kier molecular flexibility index (Phi) is 5.79. The Balaban J connectivity index is 1.27. The number of rotatable bonds is 7. The van der Waals surface area contributed by atoms with Gasteiger partial charge in [0.1, 0.15) is 11.5 Å². The molecular formula is C24H24N2O2S2. The van der Waals surface area contributed by atoms with E-state index in [4.69, 9.17) is 9.15 Å². The van der Waals surface area contributed by atoms with Gasteiger partial charge in [-0.15, -0.1) is 23.1 Å². The van der Waals surface area contributed by atoms with Crippen LogP contribution in [-0.4, -0.2) is 29.3 Å². The van der Waals surface area contributed by atoms with Crippen LogP contribution in [0.4, 0.5) is 0 Å². The summed E-state index contributed by atoms with van der Waals surface area (Å²) in [5.41, 5.74) is 3.38. The van der Waals surface area contributed by atoms with Crippen molar-refractivity contribution in [3.05, 3.63) is 70.9 Å². The largest absolute Gasteiger partial charge is 0.493 e. The van der Waals surface area contributed by atoms with Crippen molar-refractivity contribution >= 4 is 33.2 Å². The minimum Gasteiger partial charge on any atom is -0.493 e. The van der Waals surface area contributed by atoms with Crippen molar-refractivity contribution in [2.24, 2.45) is 0 Å². The zero-order valence-electron chi connectivity index (χ0n) is 16.9. The van der Waals surface area contributed by atoms with E-state index in [0.717, 1.165) is 48.0 Å². The molecule has 3 heterocycles. The summed E-state index contributed by atoms with van der Waals surface area (Å²) in [6.07, 6.45) is 1.83. The van der Waals surface area contributed by atoms with Crippen LogP contribution in [0.3, 0.4) is 0 Å². The molecule has 0 bridgehead atoms. The predicted molar refractivity (Wildman–Crippen MR) is 126 cm³/mol. The average Bonchev–Trinajstić information content (AvgIpc) is 3.52. The van der Waals surface area contributed by atoms with Crippen molar-refractivity contribution in [2.75, 3.05) is 19.0 Å². The van der Waals surface area contributed by atoms with E-state index in [9.17, 15) is 0 Å². The Morgan fingerprint density at radius 1 is 1.17 bits per heavy atom. The Morgan fingerprint density at radius 2 is 2.07 bits per heavy atom. The highest BCUT2D eigenvalue weighted by atomic mass is 32.2. The van der Waals surface area contributed by atoms with E-state index in [2.05, 4.69) is 33.9 Å². The summed E-state index contributed by atoms with van der Waals surface area (Å²) in [7, 11) is 0. The van der Waals surface area contributed by atoms with Gasteiger partial charge in [-0.3, -0.25) is 0 Å². The third kappa shape index (κ3) is 4.13. The van der Waals surface area contributed by atoms with Crippen LogP contribution < -0.4 is 10.1 Å². The Labute approximate surface area is 184 Å². The molecule has 0 saturated carbocycles. The zero-order chi connectivity index (χ0) is 20.3. The molecule has 1 aliphatic heterocycles. The maximum absolute atomic E-state index is 6.18. The third-order valence-electron chi connectivity index (χ3n) is 5.41. The monoisotopic (exact) mass is 436 g/mol. The molecule has 30 heavy (non-hydrogen) atoms. The fourth-order valence-electron chi connectivity index (χ4n) is 3.83. The first kappa shape index (κ1) is 19.7. The molecule has 4 nitrogen and oxygen atoms in total. The minimum atomic E-state index is 0.578. The van der Waals surface area contributed by atoms with E-state index in [1.807, 2.05) is 60.4 Å². The standard InChI is InChI=1S/C24H24N2O2S2/c1-16-21(26-24(28-16)17-5-3-2-4-6-17)9-11-27-22-8-7-18(13-19-14-25-15-30-19)23-20(22)10-12-29-23/h2-8,10,12,19,25H,9,11,13-15H2,1H3. The Bertz CT molecular complexity index is 1130. The van der Waals surface area contributed by atoms with Crippen molar-refractivity contribution in [3.8, 4) is 17.2 Å². The lowest BCUT2D eigenvalue weighted by Crippen LogP contribution is -2.14. The second-order valence-electron chi connectivity index (χ2n) is 7.46. The van der Waals surface area contributed by atoms with Crippen molar-refractivity contribution < 1.29 is 9.15 Å². The summed E-state index contributed by atoms with van der Waals surface area (Å²) >= 11 is 3.82. The molecule has 4 aromatic rings. The fraction of sp³-hybridized carbons (Fsp3) is 0.292. The van der Waals surface area contributed by atoms with Gasteiger partial charge in [0.15, 0.2) is 0 Å². The molecule has 6 heteroatoms. The number of thioether (sulfide) groups is 1. The molecule has 1 saturated heterocycles. The van der Waals surface area contributed by atoms with E-state index in [1.165, 1.54) is 15.6 Å². The van der Waals surface area contributed by atoms with Gasteiger partial charge in [-0.25, -0.2) is 4.98 Å². The summed E-state index contributed by atoms with van der Waals surface area (Å²) in [5.74, 6) is 3.55. The van der Waals surface area contributed by atoms with Crippen LogP contribution in [0, 0.1) is 6.92 Å². The number of hydrogen-bond acceptors (Lipinski definition) is 6. The number of aryl methyl sites for hydroxylation is 1. The van der Waals surface area contributed by atoms with Crippen molar-refractivity contribution in [3.63, 3.8) is 0 Å². The van der Waals surface area contributed by atoms with Crippen molar-refractivity contribution in [1.29, 1.82) is 0 Å². The number of fused-ring (bicyclic) bond motifs is 1. The molecule has 2 aromatic heterocycles. The lowest BCUT2D eigenvalue weighted by atomic mass is 10.1. The fourth-order valence-corrected chi connectivity index (χ4v) is 5.78. The van der Waals surface area contributed by atoms with E-state index in [-0.39, 0.29) is 0 Å². The summed E-state index contributed by atoms with van der Waals surface area (Å²) in [6, 6.07) is 16.6. The number of nitrogens with one attached hydrogen (secondary N) is 1. The lowest BCUT2D eigenvalue weighted by molar-refractivity contribution is 0.323. The smallest absolute Gasteiger partial charge is 0.226 e. The van der Waals surface area contributed by atoms with Gasteiger partial charge in [0, 0.05) is 39.7 Å². The van der Waals surface area contributed by atoms with Gasteiger partial charge >= 0.3 is 0 Å². The van der Waals surface area contributed by atoms with Crippen LogP contribution in [0.5, 0.6) is 5.75 Å². The lowest BCUT2D eigenvalue weighted by Gasteiger charge is -2.12. The van der Waals surface area contributed by atoms with Crippen molar-refractivity contribution in [2.45, 2.75) is 25.0 Å². The number of thiophene rings is 1. The molecule has 0 spiro atoms. The average molecular weight is 437 g/mol. The topological polar surface area (TPSA) is 47.3 Å². The predicted octanol–water partition coefficient (Wildman–Crippen LogP) is 5.69. The number of hydrogen-bond donors (Lipinski definition) is 1. The minimum absolute atomic E-state index is 0.578. The first-order valence-corrected chi connectivity index (χ1v) is 12.2. The summed E-state index contributed by atoms with van der Waals surface area (Å²) in [6.45, 7) is 3.64. The van der Waals surface area contributed by atoms with Gasteiger partial charge in [-0.2, -0.15) is 0 Å². The number of ether oxygens (including phenoxy) is 1. The van der Waals surface area contributed by atoms with E-state index < -0.39 is 0 Å². The highest BCUT2D eigenvalue weighted by Crippen LogP contribution is 2.35. The first-order valence-electron chi connectivity index (χ1n) is 10.2. The van der Waals surface area contributed by atoms with Crippen LogP contribution in [0.1, 0.15) is 17.0 Å². The molecule has 1 unspecified atom stereocenters. The number of benzene rings is 2. The van der Waals surface area contributed by atoms with Crippen LogP contribution in [-0.2, 0) is 12.8 Å². The number of nitrogens with zero attached hydrogens (tertiary/aromatic N) is 1. The van der Waals surface area contributed by atoms with Crippen LogP contribution in [0.2, 0.25) is 0 Å². The van der Waals surface area contributed by atoms with E-state index in [1.54, 1.807) is 0 Å².